The molecule has 0 saturated carbocycles. The number of rotatable bonds is 3. The van der Waals surface area contributed by atoms with Gasteiger partial charge in [-0.05, 0) is 31.0 Å². The van der Waals surface area contributed by atoms with Crippen LogP contribution < -0.4 is 15.4 Å². The second-order valence-electron chi connectivity index (χ2n) is 4.44. The number of hydrogen-bond donors (Lipinski definition) is 1. The first-order valence-corrected chi connectivity index (χ1v) is 6.02. The minimum absolute atomic E-state index is 0.679. The van der Waals surface area contributed by atoms with Crippen LogP contribution in [0, 0.1) is 6.92 Å². The SMILES string of the molecule is COc1ccc(C)cc1N1CC=C(CN)CC1. The van der Waals surface area contributed by atoms with Crippen LogP contribution in [0.25, 0.3) is 0 Å². The minimum Gasteiger partial charge on any atom is -0.495 e. The molecule has 3 heteroatoms. The van der Waals surface area contributed by atoms with Crippen molar-refractivity contribution in [2.45, 2.75) is 13.3 Å². The molecule has 1 aromatic carbocycles. The Morgan fingerprint density at radius 2 is 2.24 bits per heavy atom. The lowest BCUT2D eigenvalue weighted by Gasteiger charge is -2.29. The minimum atomic E-state index is 0.679. The summed E-state index contributed by atoms with van der Waals surface area (Å²) in [6.45, 7) is 4.72. The molecule has 0 unspecified atom stereocenters. The number of benzene rings is 1. The first kappa shape index (κ1) is 12.0. The van der Waals surface area contributed by atoms with E-state index in [1.807, 2.05) is 6.07 Å². The summed E-state index contributed by atoms with van der Waals surface area (Å²) in [5.41, 5.74) is 9.45. The summed E-state index contributed by atoms with van der Waals surface area (Å²) in [6.07, 6.45) is 3.28. The van der Waals surface area contributed by atoms with Crippen LogP contribution in [-0.2, 0) is 0 Å². The van der Waals surface area contributed by atoms with Crippen molar-refractivity contribution < 1.29 is 4.74 Å². The zero-order valence-electron chi connectivity index (χ0n) is 10.6. The van der Waals surface area contributed by atoms with E-state index in [-0.39, 0.29) is 0 Å². The van der Waals surface area contributed by atoms with E-state index in [1.165, 1.54) is 16.8 Å². The van der Waals surface area contributed by atoms with Crippen LogP contribution in [0.5, 0.6) is 5.75 Å². The summed E-state index contributed by atoms with van der Waals surface area (Å²) in [7, 11) is 1.72. The molecule has 2 rings (SSSR count). The lowest BCUT2D eigenvalue weighted by molar-refractivity contribution is 0.414. The van der Waals surface area contributed by atoms with Gasteiger partial charge in [0.15, 0.2) is 0 Å². The summed E-state index contributed by atoms with van der Waals surface area (Å²) in [6, 6.07) is 6.29. The van der Waals surface area contributed by atoms with Gasteiger partial charge in [0, 0.05) is 19.6 Å². The highest BCUT2D eigenvalue weighted by atomic mass is 16.5. The summed E-state index contributed by atoms with van der Waals surface area (Å²) >= 11 is 0. The zero-order valence-corrected chi connectivity index (χ0v) is 10.6. The fraction of sp³-hybridized carbons (Fsp3) is 0.429. The Balaban J connectivity index is 2.23. The van der Waals surface area contributed by atoms with E-state index < -0.39 is 0 Å². The van der Waals surface area contributed by atoms with E-state index in [0.29, 0.717) is 6.54 Å². The average molecular weight is 232 g/mol. The number of nitrogens with two attached hydrogens (primary N) is 1. The topological polar surface area (TPSA) is 38.5 Å². The fourth-order valence-electron chi connectivity index (χ4n) is 2.16. The molecule has 0 atom stereocenters. The van der Waals surface area contributed by atoms with Gasteiger partial charge in [-0.25, -0.2) is 0 Å². The molecule has 3 nitrogen and oxygen atoms in total. The molecular formula is C14H20N2O. The highest BCUT2D eigenvalue weighted by molar-refractivity contribution is 5.61. The van der Waals surface area contributed by atoms with Crippen LogP contribution in [-0.4, -0.2) is 26.7 Å². The molecule has 2 N–H and O–H groups in total. The van der Waals surface area contributed by atoms with E-state index >= 15 is 0 Å². The van der Waals surface area contributed by atoms with Gasteiger partial charge in [0.05, 0.1) is 12.8 Å². The largest absolute Gasteiger partial charge is 0.495 e. The highest BCUT2D eigenvalue weighted by Crippen LogP contribution is 2.30. The Morgan fingerprint density at radius 3 is 2.82 bits per heavy atom. The normalized spacial score (nSPS) is 15.7. The van der Waals surface area contributed by atoms with Crippen LogP contribution >= 0.6 is 0 Å². The monoisotopic (exact) mass is 232 g/mol. The van der Waals surface area contributed by atoms with Gasteiger partial charge < -0.3 is 15.4 Å². The molecule has 0 aliphatic carbocycles. The number of aryl methyl sites for hydroxylation is 1. The predicted molar refractivity (Wildman–Crippen MR) is 71.7 cm³/mol. The quantitative estimate of drug-likeness (QED) is 0.811. The first-order chi connectivity index (χ1) is 8.24. The fourth-order valence-corrected chi connectivity index (χ4v) is 2.16. The van der Waals surface area contributed by atoms with Gasteiger partial charge in [-0.3, -0.25) is 0 Å². The molecule has 0 saturated heterocycles. The van der Waals surface area contributed by atoms with Gasteiger partial charge in [0.25, 0.3) is 0 Å². The summed E-state index contributed by atoms with van der Waals surface area (Å²) < 4.78 is 5.42. The molecule has 0 spiro atoms. The van der Waals surface area contributed by atoms with Gasteiger partial charge in [-0.15, -0.1) is 0 Å². The van der Waals surface area contributed by atoms with Crippen molar-refractivity contribution >= 4 is 5.69 Å². The van der Waals surface area contributed by atoms with E-state index in [4.69, 9.17) is 10.5 Å². The van der Waals surface area contributed by atoms with Crippen molar-refractivity contribution in [2.24, 2.45) is 5.73 Å². The zero-order chi connectivity index (χ0) is 12.3. The molecule has 92 valence electrons. The second kappa shape index (κ2) is 5.23. The third-order valence-electron chi connectivity index (χ3n) is 3.24. The van der Waals surface area contributed by atoms with Crippen LogP contribution in [0.3, 0.4) is 0 Å². The predicted octanol–water partition coefficient (Wildman–Crippen LogP) is 2.10. The maximum Gasteiger partial charge on any atom is 0.142 e. The van der Waals surface area contributed by atoms with Crippen LogP contribution in [0.2, 0.25) is 0 Å². The van der Waals surface area contributed by atoms with Crippen LogP contribution in [0.15, 0.2) is 29.8 Å². The van der Waals surface area contributed by atoms with E-state index in [0.717, 1.165) is 25.3 Å². The Hall–Kier alpha value is -1.48. The van der Waals surface area contributed by atoms with Crippen molar-refractivity contribution in [3.8, 4) is 5.75 Å². The maximum absolute atomic E-state index is 5.66. The van der Waals surface area contributed by atoms with E-state index in [1.54, 1.807) is 7.11 Å². The van der Waals surface area contributed by atoms with Gasteiger partial charge in [0.2, 0.25) is 0 Å². The third kappa shape index (κ3) is 2.61. The Labute approximate surface area is 103 Å². The van der Waals surface area contributed by atoms with Crippen LogP contribution in [0.1, 0.15) is 12.0 Å². The molecule has 0 aromatic heterocycles. The van der Waals surface area contributed by atoms with Crippen molar-refractivity contribution in [1.82, 2.24) is 0 Å². The molecule has 0 fully saturated rings. The molecule has 0 amide bonds. The Kier molecular flexibility index (Phi) is 3.69. The average Bonchev–Trinajstić information content (AvgIpc) is 2.39. The number of nitrogens with zero attached hydrogens (tertiary/aromatic N) is 1. The lowest BCUT2D eigenvalue weighted by atomic mass is 10.1. The highest BCUT2D eigenvalue weighted by Gasteiger charge is 2.15. The number of hydrogen-bond acceptors (Lipinski definition) is 3. The summed E-state index contributed by atoms with van der Waals surface area (Å²) in [5, 5.41) is 0. The second-order valence-corrected chi connectivity index (χ2v) is 4.44. The standard InChI is InChI=1S/C14H20N2O/c1-11-3-4-14(17-2)13(9-11)16-7-5-12(10-15)6-8-16/h3-5,9H,6-8,10,15H2,1-2H3. The van der Waals surface area contributed by atoms with Gasteiger partial charge >= 0.3 is 0 Å². The third-order valence-corrected chi connectivity index (χ3v) is 3.24. The van der Waals surface area contributed by atoms with Gasteiger partial charge in [0.1, 0.15) is 5.75 Å². The van der Waals surface area contributed by atoms with Gasteiger partial charge in [-0.2, -0.15) is 0 Å². The Morgan fingerprint density at radius 1 is 1.41 bits per heavy atom. The van der Waals surface area contributed by atoms with Crippen molar-refractivity contribution in [3.05, 3.63) is 35.4 Å². The van der Waals surface area contributed by atoms with Crippen molar-refractivity contribution in [1.29, 1.82) is 0 Å². The number of anilines is 1. The molecule has 1 aromatic rings. The molecule has 1 aliphatic heterocycles. The molecule has 1 aliphatic rings. The lowest BCUT2D eigenvalue weighted by Crippen LogP contribution is -2.30. The van der Waals surface area contributed by atoms with Crippen molar-refractivity contribution in [2.75, 3.05) is 31.6 Å². The molecule has 0 radical (unpaired) electrons. The van der Waals surface area contributed by atoms with Gasteiger partial charge in [-0.1, -0.05) is 17.7 Å². The first-order valence-electron chi connectivity index (χ1n) is 6.02. The van der Waals surface area contributed by atoms with E-state index in [9.17, 15) is 0 Å². The van der Waals surface area contributed by atoms with Crippen molar-refractivity contribution in [3.63, 3.8) is 0 Å². The summed E-state index contributed by atoms with van der Waals surface area (Å²) in [4.78, 5) is 2.34. The molecule has 0 bridgehead atoms. The number of ether oxygens (including phenoxy) is 1. The molecule has 1 heterocycles. The van der Waals surface area contributed by atoms with E-state index in [2.05, 4.69) is 30.0 Å². The molecular weight excluding hydrogens is 212 g/mol. The molecule has 17 heavy (non-hydrogen) atoms. The maximum atomic E-state index is 5.66. The smallest absolute Gasteiger partial charge is 0.142 e. The number of methoxy groups -OCH3 is 1. The summed E-state index contributed by atoms with van der Waals surface area (Å²) in [5.74, 6) is 0.945. The Bertz CT molecular complexity index is 426. The van der Waals surface area contributed by atoms with Crippen LogP contribution in [0.4, 0.5) is 5.69 Å².